The summed E-state index contributed by atoms with van der Waals surface area (Å²) >= 11 is 5.94. The molecule has 0 saturated heterocycles. The van der Waals surface area contributed by atoms with Gasteiger partial charge >= 0.3 is 0 Å². The minimum atomic E-state index is 0.485. The van der Waals surface area contributed by atoms with Crippen LogP contribution in [-0.2, 0) is 12.8 Å². The summed E-state index contributed by atoms with van der Waals surface area (Å²) in [6.45, 7) is 0.716. The van der Waals surface area contributed by atoms with E-state index in [1.165, 1.54) is 19.2 Å². The SMILES string of the molecule is NCC(Cc1ccc(I)cc1)Cc1ccccc1Br. The molecular formula is C16H17BrIN. The second-order valence-electron chi connectivity index (χ2n) is 4.73. The second kappa shape index (κ2) is 7.41. The van der Waals surface area contributed by atoms with Crippen molar-refractivity contribution in [2.75, 3.05) is 6.54 Å². The summed E-state index contributed by atoms with van der Waals surface area (Å²) in [5.41, 5.74) is 8.63. The van der Waals surface area contributed by atoms with Crippen molar-refractivity contribution >= 4 is 38.5 Å². The van der Waals surface area contributed by atoms with Gasteiger partial charge in [0.15, 0.2) is 0 Å². The van der Waals surface area contributed by atoms with Crippen LogP contribution in [0.15, 0.2) is 53.0 Å². The fraction of sp³-hybridized carbons (Fsp3) is 0.250. The highest BCUT2D eigenvalue weighted by Crippen LogP contribution is 2.21. The molecule has 0 saturated carbocycles. The van der Waals surface area contributed by atoms with E-state index in [1.54, 1.807) is 0 Å². The van der Waals surface area contributed by atoms with E-state index >= 15 is 0 Å². The summed E-state index contributed by atoms with van der Waals surface area (Å²) in [6, 6.07) is 17.1. The average Bonchev–Trinajstić information content (AvgIpc) is 2.43. The zero-order valence-corrected chi connectivity index (χ0v) is 14.4. The summed E-state index contributed by atoms with van der Waals surface area (Å²) in [7, 11) is 0. The lowest BCUT2D eigenvalue weighted by atomic mass is 9.93. The molecule has 0 aliphatic heterocycles. The minimum absolute atomic E-state index is 0.485. The maximum atomic E-state index is 5.93. The van der Waals surface area contributed by atoms with Gasteiger partial charge < -0.3 is 5.73 Å². The molecule has 1 nitrogen and oxygen atoms in total. The summed E-state index contributed by atoms with van der Waals surface area (Å²) in [4.78, 5) is 0. The maximum Gasteiger partial charge on any atom is 0.0207 e. The Labute approximate surface area is 136 Å². The molecular weight excluding hydrogens is 413 g/mol. The van der Waals surface area contributed by atoms with Crippen molar-refractivity contribution in [2.45, 2.75) is 12.8 Å². The summed E-state index contributed by atoms with van der Waals surface area (Å²) in [5.74, 6) is 0.485. The van der Waals surface area contributed by atoms with Crippen molar-refractivity contribution in [3.63, 3.8) is 0 Å². The molecule has 1 unspecified atom stereocenters. The third kappa shape index (κ3) is 4.58. The molecule has 0 spiro atoms. The van der Waals surface area contributed by atoms with Gasteiger partial charge in [-0.05, 0) is 77.2 Å². The standard InChI is InChI=1S/C16H17BrIN/c17-16-4-2-1-3-14(16)10-13(11-19)9-12-5-7-15(18)8-6-12/h1-8,13H,9-11,19H2. The van der Waals surface area contributed by atoms with Crippen LogP contribution in [0, 0.1) is 9.49 Å². The van der Waals surface area contributed by atoms with Gasteiger partial charge in [-0.2, -0.15) is 0 Å². The van der Waals surface area contributed by atoms with Gasteiger partial charge in [0.25, 0.3) is 0 Å². The van der Waals surface area contributed by atoms with Crippen molar-refractivity contribution < 1.29 is 0 Å². The molecule has 2 aromatic carbocycles. The summed E-state index contributed by atoms with van der Waals surface area (Å²) in [6.07, 6.45) is 2.05. The van der Waals surface area contributed by atoms with Crippen LogP contribution in [0.1, 0.15) is 11.1 Å². The van der Waals surface area contributed by atoms with Gasteiger partial charge in [-0.15, -0.1) is 0 Å². The summed E-state index contributed by atoms with van der Waals surface area (Å²) < 4.78 is 2.45. The van der Waals surface area contributed by atoms with Gasteiger partial charge in [0.05, 0.1) is 0 Å². The van der Waals surface area contributed by atoms with Gasteiger partial charge in [0, 0.05) is 8.04 Å². The van der Waals surface area contributed by atoms with Crippen LogP contribution >= 0.6 is 38.5 Å². The number of nitrogens with two attached hydrogens (primary N) is 1. The fourth-order valence-electron chi connectivity index (χ4n) is 2.17. The maximum absolute atomic E-state index is 5.93. The third-order valence-electron chi connectivity index (χ3n) is 3.24. The van der Waals surface area contributed by atoms with E-state index in [0.717, 1.165) is 12.8 Å². The topological polar surface area (TPSA) is 26.0 Å². The molecule has 0 bridgehead atoms. The number of hydrogen-bond donors (Lipinski definition) is 1. The molecule has 2 aromatic rings. The highest BCUT2D eigenvalue weighted by Gasteiger charge is 2.10. The quantitative estimate of drug-likeness (QED) is 0.699. The highest BCUT2D eigenvalue weighted by atomic mass is 127. The van der Waals surface area contributed by atoms with Crippen LogP contribution in [0.5, 0.6) is 0 Å². The Bertz CT molecular complexity index is 525. The van der Waals surface area contributed by atoms with E-state index in [-0.39, 0.29) is 0 Å². The zero-order chi connectivity index (χ0) is 13.7. The van der Waals surface area contributed by atoms with E-state index in [4.69, 9.17) is 5.73 Å². The van der Waals surface area contributed by atoms with E-state index in [2.05, 4.69) is 81.0 Å². The molecule has 0 amide bonds. The lowest BCUT2D eigenvalue weighted by Crippen LogP contribution is -2.19. The molecule has 0 aliphatic rings. The molecule has 0 radical (unpaired) electrons. The largest absolute Gasteiger partial charge is 0.330 e. The molecule has 2 N–H and O–H groups in total. The van der Waals surface area contributed by atoms with Gasteiger partial charge in [0.1, 0.15) is 0 Å². The molecule has 19 heavy (non-hydrogen) atoms. The Kier molecular flexibility index (Phi) is 5.85. The van der Waals surface area contributed by atoms with Crippen molar-refractivity contribution in [3.05, 3.63) is 67.7 Å². The molecule has 0 aromatic heterocycles. The highest BCUT2D eigenvalue weighted by molar-refractivity contribution is 14.1. The first-order valence-corrected chi connectivity index (χ1v) is 8.24. The Morgan fingerprint density at radius 1 is 1.00 bits per heavy atom. The van der Waals surface area contributed by atoms with Crippen LogP contribution in [0.2, 0.25) is 0 Å². The first-order valence-electron chi connectivity index (χ1n) is 6.37. The molecule has 2 rings (SSSR count). The minimum Gasteiger partial charge on any atom is -0.330 e. The lowest BCUT2D eigenvalue weighted by Gasteiger charge is -2.16. The number of hydrogen-bond acceptors (Lipinski definition) is 1. The molecule has 0 fully saturated rings. The van der Waals surface area contributed by atoms with E-state index in [0.29, 0.717) is 12.5 Å². The molecule has 100 valence electrons. The van der Waals surface area contributed by atoms with Gasteiger partial charge in [-0.25, -0.2) is 0 Å². The zero-order valence-electron chi connectivity index (χ0n) is 10.7. The Morgan fingerprint density at radius 2 is 1.68 bits per heavy atom. The van der Waals surface area contributed by atoms with Crippen LogP contribution in [0.3, 0.4) is 0 Å². The first kappa shape index (κ1) is 15.0. The summed E-state index contributed by atoms with van der Waals surface area (Å²) in [5, 5.41) is 0. The van der Waals surface area contributed by atoms with Crippen molar-refractivity contribution in [2.24, 2.45) is 11.7 Å². The van der Waals surface area contributed by atoms with Gasteiger partial charge in [0.2, 0.25) is 0 Å². The lowest BCUT2D eigenvalue weighted by molar-refractivity contribution is 0.532. The smallest absolute Gasteiger partial charge is 0.0207 e. The van der Waals surface area contributed by atoms with E-state index in [1.807, 2.05) is 6.07 Å². The number of rotatable bonds is 5. The van der Waals surface area contributed by atoms with Crippen molar-refractivity contribution in [3.8, 4) is 0 Å². The Hall–Kier alpha value is -0.390. The fourth-order valence-corrected chi connectivity index (χ4v) is 2.97. The number of halogens is 2. The second-order valence-corrected chi connectivity index (χ2v) is 6.83. The predicted molar refractivity (Wildman–Crippen MR) is 93.3 cm³/mol. The van der Waals surface area contributed by atoms with Crippen LogP contribution in [0.25, 0.3) is 0 Å². The van der Waals surface area contributed by atoms with Gasteiger partial charge in [-0.1, -0.05) is 46.3 Å². The van der Waals surface area contributed by atoms with Crippen LogP contribution in [-0.4, -0.2) is 6.54 Å². The van der Waals surface area contributed by atoms with Crippen LogP contribution in [0.4, 0.5) is 0 Å². The average molecular weight is 430 g/mol. The first-order chi connectivity index (χ1) is 9.19. The van der Waals surface area contributed by atoms with E-state index in [9.17, 15) is 0 Å². The Balaban J connectivity index is 2.05. The molecule has 0 heterocycles. The normalized spacial score (nSPS) is 12.4. The predicted octanol–water partition coefficient (Wildman–Crippen LogP) is 4.41. The Morgan fingerprint density at radius 3 is 2.32 bits per heavy atom. The molecule has 3 heteroatoms. The molecule has 0 aliphatic carbocycles. The third-order valence-corrected chi connectivity index (χ3v) is 4.73. The van der Waals surface area contributed by atoms with Crippen molar-refractivity contribution in [1.29, 1.82) is 0 Å². The number of benzene rings is 2. The molecule has 1 atom stereocenters. The van der Waals surface area contributed by atoms with E-state index < -0.39 is 0 Å². The van der Waals surface area contributed by atoms with Crippen LogP contribution < -0.4 is 5.73 Å². The monoisotopic (exact) mass is 429 g/mol. The van der Waals surface area contributed by atoms with Gasteiger partial charge in [-0.3, -0.25) is 0 Å². The van der Waals surface area contributed by atoms with Crippen molar-refractivity contribution in [1.82, 2.24) is 0 Å².